The number of nitrogens with zero attached hydrogens (tertiary/aromatic N) is 3. The molecule has 7 nitrogen and oxygen atoms in total. The van der Waals surface area contributed by atoms with Gasteiger partial charge in [0.2, 0.25) is 11.8 Å². The summed E-state index contributed by atoms with van der Waals surface area (Å²) in [6.07, 6.45) is 0. The van der Waals surface area contributed by atoms with Crippen molar-refractivity contribution in [1.82, 2.24) is 20.4 Å². The van der Waals surface area contributed by atoms with E-state index in [0.717, 1.165) is 10.5 Å². The lowest BCUT2D eigenvalue weighted by Gasteiger charge is -2.22. The molecule has 1 atom stereocenters. The van der Waals surface area contributed by atoms with Crippen LogP contribution in [-0.2, 0) is 16.9 Å². The zero-order chi connectivity index (χ0) is 19.0. The molecule has 4 rings (SSSR count). The molecule has 0 saturated carbocycles. The molecular weight excluding hydrogens is 368 g/mol. The first-order valence-corrected chi connectivity index (χ1v) is 8.63. The SMILES string of the molecule is CC1(c2ccc(Cl)cc2)NC(=O)N(Cc2nnc(-c3ccccc3)o2)C1=O. The first-order valence-electron chi connectivity index (χ1n) is 8.25. The first-order chi connectivity index (χ1) is 13.0. The van der Waals surface area contributed by atoms with Crippen molar-refractivity contribution in [1.29, 1.82) is 0 Å². The highest BCUT2D eigenvalue weighted by molar-refractivity contribution is 6.30. The molecular formula is C19H15ClN4O3. The minimum Gasteiger partial charge on any atom is -0.419 e. The Morgan fingerprint density at radius 1 is 1.07 bits per heavy atom. The third-order valence-corrected chi connectivity index (χ3v) is 4.73. The van der Waals surface area contributed by atoms with Gasteiger partial charge in [0, 0.05) is 10.6 Å². The molecule has 2 heterocycles. The standard InChI is InChI=1S/C19H15ClN4O3/c1-19(13-7-9-14(20)10-8-13)17(25)24(18(26)21-19)11-15-22-23-16(27-15)12-5-3-2-4-6-12/h2-10H,11H2,1H3,(H,21,26). The summed E-state index contributed by atoms with van der Waals surface area (Å²) in [5.41, 5.74) is 0.229. The van der Waals surface area contributed by atoms with E-state index in [1.165, 1.54) is 0 Å². The molecule has 0 radical (unpaired) electrons. The van der Waals surface area contributed by atoms with Crippen molar-refractivity contribution in [3.63, 3.8) is 0 Å². The Kier molecular flexibility index (Phi) is 4.16. The Labute approximate surface area is 160 Å². The van der Waals surface area contributed by atoms with Crippen molar-refractivity contribution >= 4 is 23.5 Å². The predicted octanol–water partition coefficient (Wildman–Crippen LogP) is 3.36. The van der Waals surface area contributed by atoms with Gasteiger partial charge in [-0.1, -0.05) is 41.9 Å². The fourth-order valence-electron chi connectivity index (χ4n) is 2.97. The predicted molar refractivity (Wildman–Crippen MR) is 97.6 cm³/mol. The van der Waals surface area contributed by atoms with Crippen LogP contribution in [0.1, 0.15) is 18.4 Å². The Bertz CT molecular complexity index is 1000. The third-order valence-electron chi connectivity index (χ3n) is 4.48. The monoisotopic (exact) mass is 382 g/mol. The van der Waals surface area contributed by atoms with Crippen molar-refractivity contribution in [2.24, 2.45) is 0 Å². The lowest BCUT2D eigenvalue weighted by atomic mass is 9.92. The highest BCUT2D eigenvalue weighted by atomic mass is 35.5. The van der Waals surface area contributed by atoms with Crippen LogP contribution in [0.3, 0.4) is 0 Å². The quantitative estimate of drug-likeness (QED) is 0.699. The van der Waals surface area contributed by atoms with E-state index in [0.29, 0.717) is 16.5 Å². The number of urea groups is 1. The summed E-state index contributed by atoms with van der Waals surface area (Å²) in [7, 11) is 0. The molecule has 2 aromatic carbocycles. The highest BCUT2D eigenvalue weighted by Gasteiger charge is 2.49. The molecule has 3 amide bonds. The van der Waals surface area contributed by atoms with E-state index in [4.69, 9.17) is 16.0 Å². The van der Waals surface area contributed by atoms with E-state index in [2.05, 4.69) is 15.5 Å². The van der Waals surface area contributed by atoms with Gasteiger partial charge in [-0.15, -0.1) is 10.2 Å². The summed E-state index contributed by atoms with van der Waals surface area (Å²) in [5.74, 6) is 0.116. The van der Waals surface area contributed by atoms with E-state index >= 15 is 0 Å². The van der Waals surface area contributed by atoms with Gasteiger partial charge >= 0.3 is 6.03 Å². The number of halogens is 1. The smallest absolute Gasteiger partial charge is 0.325 e. The van der Waals surface area contributed by atoms with Gasteiger partial charge in [-0.3, -0.25) is 9.69 Å². The van der Waals surface area contributed by atoms with Gasteiger partial charge in [-0.25, -0.2) is 4.79 Å². The van der Waals surface area contributed by atoms with Crippen molar-refractivity contribution in [2.75, 3.05) is 0 Å². The van der Waals surface area contributed by atoms with E-state index in [9.17, 15) is 9.59 Å². The molecule has 1 unspecified atom stereocenters. The summed E-state index contributed by atoms with van der Waals surface area (Å²) in [6, 6.07) is 15.5. The van der Waals surface area contributed by atoms with Crippen LogP contribution in [0.2, 0.25) is 5.02 Å². The molecule has 0 bridgehead atoms. The van der Waals surface area contributed by atoms with Gasteiger partial charge < -0.3 is 9.73 Å². The van der Waals surface area contributed by atoms with Crippen molar-refractivity contribution in [3.05, 3.63) is 71.1 Å². The van der Waals surface area contributed by atoms with Gasteiger partial charge in [0.15, 0.2) is 0 Å². The maximum absolute atomic E-state index is 12.9. The van der Waals surface area contributed by atoms with E-state index in [-0.39, 0.29) is 12.4 Å². The van der Waals surface area contributed by atoms with Crippen molar-refractivity contribution in [2.45, 2.75) is 19.0 Å². The molecule has 1 N–H and O–H groups in total. The lowest BCUT2D eigenvalue weighted by Crippen LogP contribution is -2.40. The van der Waals surface area contributed by atoms with Gasteiger partial charge in [0.25, 0.3) is 5.91 Å². The lowest BCUT2D eigenvalue weighted by molar-refractivity contribution is -0.131. The van der Waals surface area contributed by atoms with Gasteiger partial charge in [0.1, 0.15) is 12.1 Å². The van der Waals surface area contributed by atoms with Gasteiger partial charge in [-0.05, 0) is 36.8 Å². The summed E-state index contributed by atoms with van der Waals surface area (Å²) in [4.78, 5) is 26.4. The molecule has 0 spiro atoms. The van der Waals surface area contributed by atoms with Crippen LogP contribution in [0.4, 0.5) is 4.79 Å². The molecule has 1 aliphatic heterocycles. The van der Waals surface area contributed by atoms with Crippen LogP contribution >= 0.6 is 11.6 Å². The molecule has 3 aromatic rings. The second-order valence-electron chi connectivity index (χ2n) is 6.32. The molecule has 8 heteroatoms. The third kappa shape index (κ3) is 3.06. The number of aromatic nitrogens is 2. The zero-order valence-corrected chi connectivity index (χ0v) is 15.1. The Morgan fingerprint density at radius 2 is 1.78 bits per heavy atom. The Hall–Kier alpha value is -3.19. The maximum atomic E-state index is 12.9. The molecule has 1 aliphatic rings. The zero-order valence-electron chi connectivity index (χ0n) is 14.3. The molecule has 0 aliphatic carbocycles. The molecule has 1 fully saturated rings. The van der Waals surface area contributed by atoms with Gasteiger partial charge in [-0.2, -0.15) is 0 Å². The van der Waals surface area contributed by atoms with Gasteiger partial charge in [0.05, 0.1) is 0 Å². The molecule has 136 valence electrons. The fraction of sp³-hybridized carbons (Fsp3) is 0.158. The highest BCUT2D eigenvalue weighted by Crippen LogP contribution is 2.30. The van der Waals surface area contributed by atoms with Crippen LogP contribution in [0.5, 0.6) is 0 Å². The second kappa shape index (κ2) is 6.51. The number of benzene rings is 2. The summed E-state index contributed by atoms with van der Waals surface area (Å²) < 4.78 is 5.60. The number of carbonyl (C=O) groups is 2. The maximum Gasteiger partial charge on any atom is 0.325 e. The number of hydrogen-bond acceptors (Lipinski definition) is 5. The first kappa shape index (κ1) is 17.2. The normalized spacial score (nSPS) is 19.4. The number of imide groups is 1. The summed E-state index contributed by atoms with van der Waals surface area (Å²) >= 11 is 5.91. The van der Waals surface area contributed by atoms with Crippen LogP contribution in [0, 0.1) is 0 Å². The molecule has 1 aromatic heterocycles. The van der Waals surface area contributed by atoms with E-state index < -0.39 is 17.5 Å². The minimum absolute atomic E-state index is 0.103. The molecule has 1 saturated heterocycles. The van der Waals surface area contributed by atoms with E-state index in [1.54, 1.807) is 31.2 Å². The number of amides is 3. The Morgan fingerprint density at radius 3 is 2.48 bits per heavy atom. The van der Waals surface area contributed by atoms with Crippen LogP contribution in [-0.4, -0.2) is 27.0 Å². The van der Waals surface area contributed by atoms with Crippen LogP contribution in [0.25, 0.3) is 11.5 Å². The largest absolute Gasteiger partial charge is 0.419 e. The van der Waals surface area contributed by atoms with Crippen molar-refractivity contribution in [3.8, 4) is 11.5 Å². The summed E-state index contributed by atoms with van der Waals surface area (Å²) in [5, 5.41) is 11.2. The average molecular weight is 383 g/mol. The number of rotatable bonds is 4. The average Bonchev–Trinajstić information content (AvgIpc) is 3.22. The number of nitrogens with one attached hydrogen (secondary N) is 1. The number of hydrogen-bond donors (Lipinski definition) is 1. The van der Waals surface area contributed by atoms with Crippen molar-refractivity contribution < 1.29 is 14.0 Å². The topological polar surface area (TPSA) is 88.3 Å². The van der Waals surface area contributed by atoms with E-state index in [1.807, 2.05) is 30.3 Å². The second-order valence-corrected chi connectivity index (χ2v) is 6.76. The van der Waals surface area contributed by atoms with Crippen LogP contribution < -0.4 is 5.32 Å². The van der Waals surface area contributed by atoms with Crippen LogP contribution in [0.15, 0.2) is 59.0 Å². The Balaban J connectivity index is 1.56. The minimum atomic E-state index is -1.18. The molecule has 27 heavy (non-hydrogen) atoms. The summed E-state index contributed by atoms with van der Waals surface area (Å²) in [6.45, 7) is 1.55. The number of carbonyl (C=O) groups excluding carboxylic acids is 2. The fourth-order valence-corrected chi connectivity index (χ4v) is 3.10.